The Kier molecular flexibility index (Phi) is 6.01. The monoisotopic (exact) mass is 373 g/mol. The molecule has 1 aliphatic heterocycles. The van der Waals surface area contributed by atoms with E-state index in [1.807, 2.05) is 36.1 Å². The maximum Gasteiger partial charge on any atom is 0.262 e. The average Bonchev–Trinajstić information content (AvgIpc) is 2.61. The number of rotatable bonds is 5. The minimum absolute atomic E-state index is 0.0207. The summed E-state index contributed by atoms with van der Waals surface area (Å²) >= 11 is 1.38. The van der Waals surface area contributed by atoms with Crippen molar-refractivity contribution in [2.24, 2.45) is 11.8 Å². The largest absolute Gasteiger partial charge is 0.341 e. The minimum Gasteiger partial charge on any atom is -0.341 e. The first-order chi connectivity index (χ1) is 12.5. The number of benzene rings is 1. The van der Waals surface area contributed by atoms with Gasteiger partial charge in [-0.15, -0.1) is 0 Å². The topological polar surface area (TPSA) is 55.2 Å². The van der Waals surface area contributed by atoms with Crippen LogP contribution in [0.2, 0.25) is 0 Å². The van der Waals surface area contributed by atoms with Gasteiger partial charge in [0, 0.05) is 19.6 Å². The fourth-order valence-electron chi connectivity index (χ4n) is 3.76. The first-order valence-corrected chi connectivity index (χ1v) is 10.4. The number of thioether (sulfide) groups is 1. The van der Waals surface area contributed by atoms with Crippen LogP contribution in [0.1, 0.15) is 33.6 Å². The van der Waals surface area contributed by atoms with Gasteiger partial charge in [0.05, 0.1) is 16.7 Å². The first kappa shape index (κ1) is 19.0. The van der Waals surface area contributed by atoms with E-state index in [-0.39, 0.29) is 11.5 Å². The third-order valence-electron chi connectivity index (χ3n) is 4.82. The van der Waals surface area contributed by atoms with E-state index < -0.39 is 0 Å². The SMILES string of the molecule is CCCn1c(SCC(=O)N2CC(C)CC(C)C2)nc2ccccc2c1=O. The standard InChI is InChI=1S/C20H27N3O2S/c1-4-9-23-19(25)16-7-5-6-8-17(16)21-20(23)26-13-18(24)22-11-14(2)10-15(3)12-22/h5-8,14-15H,4,9-13H2,1-3H3. The second-order valence-electron chi connectivity index (χ2n) is 7.40. The van der Waals surface area contributed by atoms with Crippen molar-refractivity contribution in [3.05, 3.63) is 34.6 Å². The molecular formula is C20H27N3O2S. The van der Waals surface area contributed by atoms with E-state index in [2.05, 4.69) is 18.8 Å². The lowest BCUT2D eigenvalue weighted by Crippen LogP contribution is -2.43. The van der Waals surface area contributed by atoms with Crippen molar-refractivity contribution in [3.8, 4) is 0 Å². The Bertz CT molecular complexity index is 839. The second kappa shape index (κ2) is 8.25. The first-order valence-electron chi connectivity index (χ1n) is 9.39. The Morgan fingerprint density at radius 1 is 1.23 bits per heavy atom. The van der Waals surface area contributed by atoms with Gasteiger partial charge in [-0.05, 0) is 36.8 Å². The van der Waals surface area contributed by atoms with E-state index in [4.69, 9.17) is 0 Å². The number of hydrogen-bond donors (Lipinski definition) is 0. The molecule has 2 aromatic rings. The second-order valence-corrected chi connectivity index (χ2v) is 8.34. The van der Waals surface area contributed by atoms with Crippen LogP contribution in [0.25, 0.3) is 10.9 Å². The van der Waals surface area contributed by atoms with Gasteiger partial charge in [-0.3, -0.25) is 14.2 Å². The molecule has 26 heavy (non-hydrogen) atoms. The molecule has 2 heterocycles. The molecule has 0 aliphatic carbocycles. The molecule has 0 N–H and O–H groups in total. The molecule has 3 rings (SSSR count). The quantitative estimate of drug-likeness (QED) is 0.595. The van der Waals surface area contributed by atoms with E-state index in [1.165, 1.54) is 18.2 Å². The summed E-state index contributed by atoms with van der Waals surface area (Å²) in [5.74, 6) is 1.56. The molecule has 1 aliphatic rings. The summed E-state index contributed by atoms with van der Waals surface area (Å²) in [7, 11) is 0. The summed E-state index contributed by atoms with van der Waals surface area (Å²) in [6, 6.07) is 7.41. The van der Waals surface area contributed by atoms with Gasteiger partial charge < -0.3 is 4.90 Å². The number of carbonyl (C=O) groups excluding carboxylic acids is 1. The molecule has 1 saturated heterocycles. The van der Waals surface area contributed by atoms with Crippen molar-refractivity contribution in [2.45, 2.75) is 45.3 Å². The Labute approximate surface area is 158 Å². The zero-order valence-corrected chi connectivity index (χ0v) is 16.6. The predicted molar refractivity (Wildman–Crippen MR) is 107 cm³/mol. The van der Waals surface area contributed by atoms with Gasteiger partial charge in [-0.25, -0.2) is 4.98 Å². The van der Waals surface area contributed by atoms with Crippen molar-refractivity contribution in [3.63, 3.8) is 0 Å². The van der Waals surface area contributed by atoms with Crippen molar-refractivity contribution >= 4 is 28.6 Å². The third kappa shape index (κ3) is 4.11. The number of likely N-dealkylation sites (tertiary alicyclic amines) is 1. The molecule has 1 aromatic carbocycles. The van der Waals surface area contributed by atoms with Crippen molar-refractivity contribution in [2.75, 3.05) is 18.8 Å². The molecule has 0 spiro atoms. The van der Waals surface area contributed by atoms with Crippen LogP contribution in [0.15, 0.2) is 34.2 Å². The highest BCUT2D eigenvalue weighted by molar-refractivity contribution is 7.99. The molecule has 2 unspecified atom stereocenters. The summed E-state index contributed by atoms with van der Waals surface area (Å²) < 4.78 is 1.71. The molecule has 1 amide bonds. The van der Waals surface area contributed by atoms with Crippen molar-refractivity contribution in [1.29, 1.82) is 0 Å². The number of para-hydroxylation sites is 1. The summed E-state index contributed by atoms with van der Waals surface area (Å²) in [4.78, 5) is 32.1. The lowest BCUT2D eigenvalue weighted by atomic mass is 9.92. The third-order valence-corrected chi connectivity index (χ3v) is 5.78. The number of hydrogen-bond acceptors (Lipinski definition) is 4. The number of amides is 1. The highest BCUT2D eigenvalue weighted by Crippen LogP contribution is 2.23. The van der Waals surface area contributed by atoms with Crippen LogP contribution in [-0.4, -0.2) is 39.2 Å². The zero-order valence-electron chi connectivity index (χ0n) is 15.8. The molecule has 0 bridgehead atoms. The van der Waals surface area contributed by atoms with Crippen LogP contribution in [-0.2, 0) is 11.3 Å². The van der Waals surface area contributed by atoms with E-state index in [9.17, 15) is 9.59 Å². The van der Waals surface area contributed by atoms with Crippen LogP contribution in [0.3, 0.4) is 0 Å². The number of aromatic nitrogens is 2. The van der Waals surface area contributed by atoms with E-state index in [0.717, 1.165) is 19.5 Å². The number of piperidine rings is 1. The van der Waals surface area contributed by atoms with Gasteiger partial charge in [0.15, 0.2) is 5.16 Å². The normalized spacial score (nSPS) is 20.5. The average molecular weight is 374 g/mol. The molecule has 5 nitrogen and oxygen atoms in total. The summed E-state index contributed by atoms with van der Waals surface area (Å²) in [6.45, 7) is 8.72. The van der Waals surface area contributed by atoms with E-state index in [0.29, 0.717) is 40.2 Å². The van der Waals surface area contributed by atoms with Gasteiger partial charge in [-0.1, -0.05) is 44.7 Å². The zero-order chi connectivity index (χ0) is 18.7. The Morgan fingerprint density at radius 3 is 2.62 bits per heavy atom. The maximum absolute atomic E-state index is 12.8. The lowest BCUT2D eigenvalue weighted by molar-refractivity contribution is -0.130. The van der Waals surface area contributed by atoms with Crippen molar-refractivity contribution in [1.82, 2.24) is 14.5 Å². The predicted octanol–water partition coefficient (Wildman–Crippen LogP) is 3.40. The van der Waals surface area contributed by atoms with Gasteiger partial charge in [0.2, 0.25) is 5.91 Å². The Hall–Kier alpha value is -1.82. The van der Waals surface area contributed by atoms with Crippen LogP contribution >= 0.6 is 11.8 Å². The highest BCUT2D eigenvalue weighted by Gasteiger charge is 2.25. The fourth-order valence-corrected chi connectivity index (χ4v) is 4.69. The van der Waals surface area contributed by atoms with Crippen LogP contribution in [0, 0.1) is 11.8 Å². The fraction of sp³-hybridized carbons (Fsp3) is 0.550. The molecular weight excluding hydrogens is 346 g/mol. The summed E-state index contributed by atoms with van der Waals surface area (Å²) in [6.07, 6.45) is 2.03. The maximum atomic E-state index is 12.8. The molecule has 2 atom stereocenters. The van der Waals surface area contributed by atoms with Crippen LogP contribution in [0.5, 0.6) is 0 Å². The molecule has 6 heteroatoms. The Balaban J connectivity index is 1.80. The molecule has 140 valence electrons. The number of fused-ring (bicyclic) bond motifs is 1. The Morgan fingerprint density at radius 2 is 1.92 bits per heavy atom. The summed E-state index contributed by atoms with van der Waals surface area (Å²) in [5, 5.41) is 1.28. The molecule has 0 saturated carbocycles. The minimum atomic E-state index is -0.0207. The van der Waals surface area contributed by atoms with Gasteiger partial charge >= 0.3 is 0 Å². The van der Waals surface area contributed by atoms with Gasteiger partial charge in [0.1, 0.15) is 0 Å². The number of carbonyl (C=O) groups is 1. The molecule has 1 fully saturated rings. The van der Waals surface area contributed by atoms with Gasteiger partial charge in [-0.2, -0.15) is 0 Å². The smallest absolute Gasteiger partial charge is 0.262 e. The summed E-state index contributed by atoms with van der Waals surface area (Å²) in [5.41, 5.74) is 0.674. The van der Waals surface area contributed by atoms with Crippen LogP contribution < -0.4 is 5.56 Å². The molecule has 0 radical (unpaired) electrons. The van der Waals surface area contributed by atoms with Crippen LogP contribution in [0.4, 0.5) is 0 Å². The number of nitrogens with zero attached hydrogens (tertiary/aromatic N) is 3. The lowest BCUT2D eigenvalue weighted by Gasteiger charge is -2.35. The van der Waals surface area contributed by atoms with Crippen molar-refractivity contribution < 1.29 is 4.79 Å². The van der Waals surface area contributed by atoms with E-state index >= 15 is 0 Å². The van der Waals surface area contributed by atoms with Gasteiger partial charge in [0.25, 0.3) is 5.56 Å². The molecule has 1 aromatic heterocycles. The van der Waals surface area contributed by atoms with E-state index in [1.54, 1.807) is 4.57 Å². The highest BCUT2D eigenvalue weighted by atomic mass is 32.2.